The van der Waals surface area contributed by atoms with Crippen molar-refractivity contribution in [3.63, 3.8) is 0 Å². The average molecular weight is 419 g/mol. The lowest BCUT2D eigenvalue weighted by molar-refractivity contribution is 0.0626. The van der Waals surface area contributed by atoms with Crippen LogP contribution in [0.3, 0.4) is 0 Å². The number of rotatable bonds is 4. The summed E-state index contributed by atoms with van der Waals surface area (Å²) >= 11 is 0. The molecule has 0 aromatic carbocycles. The molecule has 8 nitrogen and oxygen atoms in total. The van der Waals surface area contributed by atoms with E-state index < -0.39 is 10.0 Å². The second-order valence-corrected chi connectivity index (χ2v) is 10.2. The molecule has 2 aliphatic heterocycles. The van der Waals surface area contributed by atoms with Crippen molar-refractivity contribution in [2.24, 2.45) is 7.05 Å². The van der Waals surface area contributed by atoms with Crippen molar-refractivity contribution in [2.75, 3.05) is 25.9 Å². The Kier molecular flexibility index (Phi) is 5.72. The zero-order chi connectivity index (χ0) is 20.6. The van der Waals surface area contributed by atoms with Gasteiger partial charge in [0.15, 0.2) is 5.82 Å². The number of aryl methyl sites for hydroxylation is 2. The Labute approximate surface area is 173 Å². The quantitative estimate of drug-likeness (QED) is 0.756. The summed E-state index contributed by atoms with van der Waals surface area (Å²) in [6.07, 6.45) is 10.2. The molecule has 0 unspecified atom stereocenters. The lowest BCUT2D eigenvalue weighted by Crippen LogP contribution is -2.49. The molecule has 2 aromatic heterocycles. The van der Waals surface area contributed by atoms with Crippen molar-refractivity contribution < 1.29 is 8.42 Å². The molecule has 2 fully saturated rings. The Morgan fingerprint density at radius 1 is 1.07 bits per heavy atom. The molecule has 4 heterocycles. The van der Waals surface area contributed by atoms with Crippen LogP contribution < -0.4 is 0 Å². The highest BCUT2D eigenvalue weighted by Crippen LogP contribution is 2.35. The Morgan fingerprint density at radius 2 is 1.83 bits per heavy atom. The monoisotopic (exact) mass is 418 g/mol. The zero-order valence-corrected chi connectivity index (χ0v) is 18.3. The molecule has 2 aliphatic rings. The fraction of sp³-hybridized carbons (Fsp3) is 0.650. The number of aromatic nitrogens is 4. The van der Waals surface area contributed by atoms with E-state index in [1.165, 1.54) is 19.1 Å². The van der Waals surface area contributed by atoms with E-state index in [1.54, 1.807) is 10.5 Å². The minimum atomic E-state index is -3.10. The molecule has 2 saturated heterocycles. The van der Waals surface area contributed by atoms with E-state index in [-0.39, 0.29) is 6.04 Å². The molecule has 0 bridgehead atoms. The van der Waals surface area contributed by atoms with E-state index in [4.69, 9.17) is 4.98 Å². The minimum absolute atomic E-state index is 0.249. The van der Waals surface area contributed by atoms with Gasteiger partial charge in [0, 0.05) is 38.6 Å². The van der Waals surface area contributed by atoms with Crippen molar-refractivity contribution in [1.29, 1.82) is 0 Å². The third-order valence-corrected chi connectivity index (χ3v) is 7.46. The largest absolute Gasteiger partial charge is 0.333 e. The Hall–Kier alpha value is -1.84. The molecule has 0 spiro atoms. The lowest BCUT2D eigenvalue weighted by Gasteiger charge is -2.44. The predicted molar refractivity (Wildman–Crippen MR) is 112 cm³/mol. The van der Waals surface area contributed by atoms with Crippen molar-refractivity contribution in [1.82, 2.24) is 28.7 Å². The molecule has 0 saturated carbocycles. The van der Waals surface area contributed by atoms with Crippen LogP contribution in [0, 0.1) is 6.92 Å². The van der Waals surface area contributed by atoms with E-state index in [0.29, 0.717) is 19.1 Å². The summed E-state index contributed by atoms with van der Waals surface area (Å²) in [4.78, 5) is 16.4. The molecule has 0 amide bonds. The van der Waals surface area contributed by atoms with E-state index in [1.807, 2.05) is 24.7 Å². The summed E-state index contributed by atoms with van der Waals surface area (Å²) in [6, 6.07) is 2.73. The van der Waals surface area contributed by atoms with Crippen molar-refractivity contribution >= 4 is 10.0 Å². The van der Waals surface area contributed by atoms with Crippen LogP contribution in [0.15, 0.2) is 18.5 Å². The smallest absolute Gasteiger partial charge is 0.211 e. The van der Waals surface area contributed by atoms with Crippen LogP contribution in [-0.2, 0) is 17.1 Å². The number of hydrogen-bond acceptors (Lipinski definition) is 6. The third kappa shape index (κ3) is 4.36. The minimum Gasteiger partial charge on any atom is -0.333 e. The fourth-order valence-electron chi connectivity index (χ4n) is 4.70. The van der Waals surface area contributed by atoms with Gasteiger partial charge in [0.05, 0.1) is 18.0 Å². The third-order valence-electron chi connectivity index (χ3n) is 6.16. The van der Waals surface area contributed by atoms with Crippen LogP contribution in [0.2, 0.25) is 0 Å². The Balaban J connectivity index is 1.58. The van der Waals surface area contributed by atoms with Gasteiger partial charge in [-0.05, 0) is 45.2 Å². The maximum atomic E-state index is 11.9. The van der Waals surface area contributed by atoms with Crippen molar-refractivity contribution in [2.45, 2.75) is 51.1 Å². The van der Waals surface area contributed by atoms with Crippen LogP contribution in [0.1, 0.15) is 49.7 Å². The van der Waals surface area contributed by atoms with Gasteiger partial charge in [0.2, 0.25) is 10.0 Å². The molecule has 29 heavy (non-hydrogen) atoms. The maximum Gasteiger partial charge on any atom is 0.211 e. The fourth-order valence-corrected chi connectivity index (χ4v) is 5.58. The van der Waals surface area contributed by atoms with Crippen LogP contribution in [0.25, 0.3) is 11.5 Å². The van der Waals surface area contributed by atoms with E-state index in [0.717, 1.165) is 48.8 Å². The number of piperidine rings is 2. The van der Waals surface area contributed by atoms with E-state index in [2.05, 4.69) is 20.9 Å². The molecular weight excluding hydrogens is 388 g/mol. The van der Waals surface area contributed by atoms with Gasteiger partial charge in [-0.2, -0.15) is 0 Å². The molecule has 4 rings (SSSR count). The summed E-state index contributed by atoms with van der Waals surface area (Å²) in [7, 11) is -1.13. The molecular formula is C20H30N6O2S. The van der Waals surface area contributed by atoms with Crippen molar-refractivity contribution in [3.05, 3.63) is 30.0 Å². The number of nitrogens with zero attached hydrogens (tertiary/aromatic N) is 6. The average Bonchev–Trinajstić information content (AvgIpc) is 3.13. The summed E-state index contributed by atoms with van der Waals surface area (Å²) in [5.41, 5.74) is 1.91. The highest BCUT2D eigenvalue weighted by atomic mass is 32.2. The SMILES string of the molecule is Cc1nc(-c2nccn2C)cc([C@@H]2CCCCN2C2CCN(S(C)(=O)=O)CC2)n1. The topological polar surface area (TPSA) is 84.2 Å². The Morgan fingerprint density at radius 3 is 2.48 bits per heavy atom. The van der Waals surface area contributed by atoms with E-state index in [9.17, 15) is 8.42 Å². The molecule has 2 aromatic rings. The Bertz CT molecular complexity index is 965. The molecule has 0 N–H and O–H groups in total. The van der Waals surface area contributed by atoms with Gasteiger partial charge in [0.1, 0.15) is 11.5 Å². The second kappa shape index (κ2) is 8.12. The number of hydrogen-bond donors (Lipinski definition) is 0. The summed E-state index contributed by atoms with van der Waals surface area (Å²) < 4.78 is 27.3. The molecule has 9 heteroatoms. The standard InChI is InChI=1S/C20H30N6O2S/c1-15-22-17(14-18(23-15)20-21-9-13-24(20)2)19-6-4-5-10-26(19)16-7-11-25(12-8-16)29(3,27)28/h9,13-14,16,19H,4-8,10-12H2,1-3H3/t19-/m0/s1. The summed E-state index contributed by atoms with van der Waals surface area (Å²) in [5, 5.41) is 0. The molecule has 0 aliphatic carbocycles. The van der Waals surface area contributed by atoms with Gasteiger partial charge < -0.3 is 4.57 Å². The molecule has 0 radical (unpaired) electrons. The van der Waals surface area contributed by atoms with E-state index >= 15 is 0 Å². The van der Waals surface area contributed by atoms with Gasteiger partial charge in [-0.1, -0.05) is 6.42 Å². The first-order valence-corrected chi connectivity index (χ1v) is 12.2. The first kappa shape index (κ1) is 20.4. The van der Waals surface area contributed by atoms with Crippen LogP contribution in [0.5, 0.6) is 0 Å². The van der Waals surface area contributed by atoms with Gasteiger partial charge in [0.25, 0.3) is 0 Å². The molecule has 158 valence electrons. The zero-order valence-electron chi connectivity index (χ0n) is 17.5. The number of likely N-dealkylation sites (tertiary alicyclic amines) is 1. The maximum absolute atomic E-state index is 11.9. The first-order valence-electron chi connectivity index (χ1n) is 10.4. The number of imidazole rings is 1. The van der Waals surface area contributed by atoms with Crippen molar-refractivity contribution in [3.8, 4) is 11.5 Å². The van der Waals surface area contributed by atoms with Gasteiger partial charge in [-0.25, -0.2) is 27.7 Å². The van der Waals surface area contributed by atoms with Crippen LogP contribution in [0.4, 0.5) is 0 Å². The molecule has 1 atom stereocenters. The number of sulfonamides is 1. The van der Waals surface area contributed by atoms with Crippen LogP contribution in [-0.4, -0.2) is 69.1 Å². The second-order valence-electron chi connectivity index (χ2n) is 8.23. The summed E-state index contributed by atoms with van der Waals surface area (Å²) in [6.45, 7) is 4.19. The van der Waals surface area contributed by atoms with Gasteiger partial charge in [-0.3, -0.25) is 4.90 Å². The van der Waals surface area contributed by atoms with Gasteiger partial charge in [-0.15, -0.1) is 0 Å². The summed E-state index contributed by atoms with van der Waals surface area (Å²) in [5.74, 6) is 1.61. The first-order chi connectivity index (χ1) is 13.8. The van der Waals surface area contributed by atoms with Gasteiger partial charge >= 0.3 is 0 Å². The lowest BCUT2D eigenvalue weighted by atomic mass is 9.93. The normalized spacial score (nSPS) is 22.8. The highest BCUT2D eigenvalue weighted by Gasteiger charge is 2.34. The highest BCUT2D eigenvalue weighted by molar-refractivity contribution is 7.88. The van der Waals surface area contributed by atoms with Crippen LogP contribution >= 0.6 is 0 Å². The predicted octanol–water partition coefficient (Wildman–Crippen LogP) is 2.14.